The molecule has 0 aliphatic carbocycles. The van der Waals surface area contributed by atoms with Crippen LogP contribution >= 0.6 is 0 Å². The van der Waals surface area contributed by atoms with Crippen molar-refractivity contribution in [3.05, 3.63) is 65.0 Å². The number of benzene rings is 2. The van der Waals surface area contributed by atoms with E-state index >= 15 is 0 Å². The highest BCUT2D eigenvalue weighted by Gasteiger charge is 2.41. The Balaban J connectivity index is 1.76. The molecule has 148 valence electrons. The minimum Gasteiger partial charge on any atom is -0.439 e. The van der Waals surface area contributed by atoms with Crippen LogP contribution in [0.1, 0.15) is 18.6 Å². The SMILES string of the molecule is C[C@@H]1[C@H](c2ccccc2)OC(=O)N1CC(=O)Oc1c(F)c(F)c(F)c(F)c1F. The van der Waals surface area contributed by atoms with Crippen molar-refractivity contribution < 1.29 is 41.0 Å². The van der Waals surface area contributed by atoms with Gasteiger partial charge in [0.05, 0.1) is 6.04 Å². The van der Waals surface area contributed by atoms with E-state index in [1.165, 1.54) is 0 Å². The van der Waals surface area contributed by atoms with Crippen LogP contribution in [-0.2, 0) is 9.53 Å². The first kappa shape index (κ1) is 19.6. The van der Waals surface area contributed by atoms with Crippen molar-refractivity contribution in [2.24, 2.45) is 0 Å². The normalized spacial score (nSPS) is 18.9. The Morgan fingerprint density at radius 1 is 1.00 bits per heavy atom. The van der Waals surface area contributed by atoms with Crippen molar-refractivity contribution >= 4 is 12.1 Å². The summed E-state index contributed by atoms with van der Waals surface area (Å²) in [5, 5.41) is 0. The number of cyclic esters (lactones) is 1. The number of amides is 1. The fourth-order valence-corrected chi connectivity index (χ4v) is 2.76. The van der Waals surface area contributed by atoms with Crippen molar-refractivity contribution in [2.75, 3.05) is 6.54 Å². The molecule has 1 saturated heterocycles. The lowest BCUT2D eigenvalue weighted by Crippen LogP contribution is -2.38. The summed E-state index contributed by atoms with van der Waals surface area (Å²) in [6.07, 6.45) is -1.61. The Bertz CT molecular complexity index is 908. The van der Waals surface area contributed by atoms with Crippen molar-refractivity contribution in [3.8, 4) is 5.75 Å². The molecule has 1 aliphatic heterocycles. The van der Waals surface area contributed by atoms with Crippen molar-refractivity contribution in [1.29, 1.82) is 0 Å². The van der Waals surface area contributed by atoms with Gasteiger partial charge in [-0.1, -0.05) is 30.3 Å². The van der Waals surface area contributed by atoms with Crippen LogP contribution in [0.4, 0.5) is 26.7 Å². The Labute approximate surface area is 155 Å². The van der Waals surface area contributed by atoms with Gasteiger partial charge in [-0.2, -0.15) is 8.78 Å². The number of esters is 1. The number of halogens is 5. The van der Waals surface area contributed by atoms with Gasteiger partial charge in [-0.3, -0.25) is 4.90 Å². The maximum absolute atomic E-state index is 13.6. The Morgan fingerprint density at radius 3 is 2.11 bits per heavy atom. The van der Waals surface area contributed by atoms with Gasteiger partial charge in [-0.25, -0.2) is 22.8 Å². The molecule has 1 heterocycles. The van der Waals surface area contributed by atoms with E-state index in [2.05, 4.69) is 4.74 Å². The second-order valence-electron chi connectivity index (χ2n) is 5.96. The number of carbonyl (C=O) groups is 2. The predicted molar refractivity (Wildman–Crippen MR) is 83.7 cm³/mol. The third kappa shape index (κ3) is 3.37. The molecule has 5 nitrogen and oxygen atoms in total. The average Bonchev–Trinajstić information content (AvgIpc) is 2.97. The fourth-order valence-electron chi connectivity index (χ4n) is 2.76. The van der Waals surface area contributed by atoms with E-state index in [1.54, 1.807) is 37.3 Å². The van der Waals surface area contributed by atoms with Crippen LogP contribution in [0.5, 0.6) is 5.75 Å². The summed E-state index contributed by atoms with van der Waals surface area (Å²) in [6.45, 7) is 0.747. The van der Waals surface area contributed by atoms with Crippen molar-refractivity contribution in [1.82, 2.24) is 4.90 Å². The van der Waals surface area contributed by atoms with E-state index in [0.717, 1.165) is 4.90 Å². The van der Waals surface area contributed by atoms with Crippen LogP contribution in [-0.4, -0.2) is 29.5 Å². The van der Waals surface area contributed by atoms with E-state index in [4.69, 9.17) is 4.74 Å². The van der Waals surface area contributed by atoms with Gasteiger partial charge in [-0.15, -0.1) is 0 Å². The minimum absolute atomic E-state index is 0.652. The predicted octanol–water partition coefficient (Wildman–Crippen LogP) is 3.87. The summed E-state index contributed by atoms with van der Waals surface area (Å²) < 4.78 is 76.1. The van der Waals surface area contributed by atoms with Crippen LogP contribution in [0.15, 0.2) is 30.3 Å². The molecule has 0 aromatic heterocycles. The van der Waals surface area contributed by atoms with E-state index < -0.39 is 65.6 Å². The quantitative estimate of drug-likeness (QED) is 0.257. The molecule has 1 fully saturated rings. The highest BCUT2D eigenvalue weighted by molar-refractivity contribution is 5.81. The van der Waals surface area contributed by atoms with Gasteiger partial charge in [0.15, 0.2) is 0 Å². The third-order valence-corrected chi connectivity index (χ3v) is 4.21. The lowest BCUT2D eigenvalue weighted by Gasteiger charge is -2.20. The average molecular weight is 401 g/mol. The molecule has 2 aromatic rings. The standard InChI is InChI=1S/C18H12F5NO4/c1-8-16(9-5-3-2-4-6-9)28-18(26)24(8)7-10(25)27-17-14(22)12(20)11(19)13(21)15(17)23/h2-6,8,16H,7H2,1H3/t8-,16-/m1/s1. The molecular formula is C18H12F5NO4. The van der Waals surface area contributed by atoms with Gasteiger partial charge in [0.2, 0.25) is 34.8 Å². The lowest BCUT2D eigenvalue weighted by molar-refractivity contribution is -0.135. The highest BCUT2D eigenvalue weighted by Crippen LogP contribution is 2.33. The maximum Gasteiger partial charge on any atom is 0.411 e. The summed E-state index contributed by atoms with van der Waals surface area (Å²) in [7, 11) is 0. The van der Waals surface area contributed by atoms with Crippen molar-refractivity contribution in [2.45, 2.75) is 19.1 Å². The summed E-state index contributed by atoms with van der Waals surface area (Å²) in [4.78, 5) is 24.9. The lowest BCUT2D eigenvalue weighted by atomic mass is 10.0. The molecular weight excluding hydrogens is 389 g/mol. The number of hydrogen-bond donors (Lipinski definition) is 0. The van der Waals surface area contributed by atoms with Gasteiger partial charge in [0.25, 0.3) is 0 Å². The van der Waals surface area contributed by atoms with Crippen LogP contribution in [0.2, 0.25) is 0 Å². The summed E-state index contributed by atoms with van der Waals surface area (Å²) in [6, 6.07) is 7.94. The molecule has 10 heteroatoms. The summed E-state index contributed by atoms with van der Waals surface area (Å²) in [5.74, 6) is -14.6. The monoisotopic (exact) mass is 401 g/mol. The van der Waals surface area contributed by atoms with Gasteiger partial charge >= 0.3 is 12.1 Å². The molecule has 0 N–H and O–H groups in total. The molecule has 0 radical (unpaired) electrons. The van der Waals surface area contributed by atoms with Crippen LogP contribution in [0.3, 0.4) is 0 Å². The molecule has 0 spiro atoms. The number of hydrogen-bond acceptors (Lipinski definition) is 4. The number of ether oxygens (including phenoxy) is 2. The smallest absolute Gasteiger partial charge is 0.411 e. The van der Waals surface area contributed by atoms with Crippen LogP contribution < -0.4 is 4.74 Å². The maximum atomic E-state index is 13.6. The first-order valence-electron chi connectivity index (χ1n) is 7.96. The zero-order valence-electron chi connectivity index (χ0n) is 14.2. The Morgan fingerprint density at radius 2 is 1.54 bits per heavy atom. The van der Waals surface area contributed by atoms with Gasteiger partial charge in [0, 0.05) is 0 Å². The largest absolute Gasteiger partial charge is 0.439 e. The van der Waals surface area contributed by atoms with Gasteiger partial charge in [-0.05, 0) is 12.5 Å². The van der Waals surface area contributed by atoms with E-state index in [-0.39, 0.29) is 0 Å². The minimum atomic E-state index is -2.38. The van der Waals surface area contributed by atoms with E-state index in [0.29, 0.717) is 5.56 Å². The molecule has 0 bridgehead atoms. The highest BCUT2D eigenvalue weighted by atomic mass is 19.2. The number of rotatable bonds is 4. The van der Waals surface area contributed by atoms with E-state index in [9.17, 15) is 31.5 Å². The first-order valence-corrected chi connectivity index (χ1v) is 7.96. The molecule has 0 unspecified atom stereocenters. The molecule has 3 rings (SSSR count). The molecule has 1 amide bonds. The number of carbonyl (C=O) groups excluding carboxylic acids is 2. The Hall–Kier alpha value is -3.17. The molecule has 2 atom stereocenters. The second-order valence-corrected chi connectivity index (χ2v) is 5.96. The Kier molecular flexibility index (Phi) is 5.21. The van der Waals surface area contributed by atoms with Gasteiger partial charge < -0.3 is 9.47 Å². The zero-order valence-corrected chi connectivity index (χ0v) is 14.2. The summed E-state index contributed by atoms with van der Waals surface area (Å²) >= 11 is 0. The topological polar surface area (TPSA) is 55.8 Å². The molecule has 2 aromatic carbocycles. The van der Waals surface area contributed by atoms with Crippen molar-refractivity contribution in [3.63, 3.8) is 0 Å². The van der Waals surface area contributed by atoms with Crippen LogP contribution in [0.25, 0.3) is 0 Å². The van der Waals surface area contributed by atoms with Gasteiger partial charge in [0.1, 0.15) is 12.6 Å². The molecule has 1 aliphatic rings. The fraction of sp³-hybridized carbons (Fsp3) is 0.222. The van der Waals surface area contributed by atoms with E-state index in [1.807, 2.05) is 0 Å². The number of nitrogens with zero attached hydrogens (tertiary/aromatic N) is 1. The van der Waals surface area contributed by atoms with Crippen LogP contribution in [0, 0.1) is 29.1 Å². The first-order chi connectivity index (χ1) is 13.2. The molecule has 28 heavy (non-hydrogen) atoms. The zero-order chi connectivity index (χ0) is 20.6. The molecule has 0 saturated carbocycles. The summed E-state index contributed by atoms with van der Waals surface area (Å²) in [5.41, 5.74) is 0.652. The third-order valence-electron chi connectivity index (χ3n) is 4.21. The second kappa shape index (κ2) is 7.45.